The van der Waals surface area contributed by atoms with E-state index in [0.717, 1.165) is 6.07 Å². The number of alkyl halides is 3. The summed E-state index contributed by atoms with van der Waals surface area (Å²) >= 11 is 0. The van der Waals surface area contributed by atoms with E-state index >= 15 is 0 Å². The summed E-state index contributed by atoms with van der Waals surface area (Å²) in [6.45, 7) is 0. The van der Waals surface area contributed by atoms with Gasteiger partial charge in [0.1, 0.15) is 23.3 Å². The molecule has 0 radical (unpaired) electrons. The van der Waals surface area contributed by atoms with Gasteiger partial charge < -0.3 is 9.72 Å². The van der Waals surface area contributed by atoms with Crippen LogP contribution in [0.3, 0.4) is 0 Å². The van der Waals surface area contributed by atoms with Crippen LogP contribution in [0, 0.1) is 5.82 Å². The van der Waals surface area contributed by atoms with Crippen LogP contribution >= 0.6 is 0 Å². The molecule has 1 fully saturated rings. The number of ether oxygens (including phenoxy) is 1. The van der Waals surface area contributed by atoms with E-state index in [9.17, 15) is 17.6 Å². The Morgan fingerprint density at radius 3 is 2.46 bits per heavy atom. The third-order valence-corrected chi connectivity index (χ3v) is 4.56. The molecule has 2 aromatic carbocycles. The summed E-state index contributed by atoms with van der Waals surface area (Å²) in [5.41, 5.74) is -1.08. The highest BCUT2D eigenvalue weighted by Gasteiger charge is 2.60. The Balaban J connectivity index is 1.77. The molecule has 4 rings (SSSR count). The lowest BCUT2D eigenvalue weighted by atomic mass is 9.87. The smallest absolute Gasteiger partial charge is 0.355 e. The molecule has 2 unspecified atom stereocenters. The van der Waals surface area contributed by atoms with E-state index in [0.29, 0.717) is 11.4 Å². The van der Waals surface area contributed by atoms with Crippen molar-refractivity contribution < 1.29 is 22.3 Å². The van der Waals surface area contributed by atoms with Crippen LogP contribution < -0.4 is 0 Å². The summed E-state index contributed by atoms with van der Waals surface area (Å²) in [4.78, 5) is 7.10. The standard InChI is InChI=1S/C19H14F4N2O/c20-13-7-5-12(6-8-13)18(11-16-24-9-10-25-16)17(26-18)14-3-1-2-4-15(14)19(21,22)23/h1-10,17H,11H2,(H,24,25). The minimum absolute atomic E-state index is 0.0656. The fraction of sp³-hybridized carbons (Fsp3) is 0.211. The van der Waals surface area contributed by atoms with Crippen LogP contribution in [0.2, 0.25) is 0 Å². The SMILES string of the molecule is Fc1ccc(C2(Cc3ncc[nH]3)OC2c2ccccc2C(F)(F)F)cc1. The van der Waals surface area contributed by atoms with Crippen molar-refractivity contribution in [3.63, 3.8) is 0 Å². The topological polar surface area (TPSA) is 41.2 Å². The number of nitrogens with one attached hydrogen (secondary N) is 1. The molecule has 1 aromatic heterocycles. The Kier molecular flexibility index (Phi) is 3.84. The molecule has 1 aliphatic rings. The number of halogens is 4. The van der Waals surface area contributed by atoms with Crippen LogP contribution in [0.4, 0.5) is 17.6 Å². The van der Waals surface area contributed by atoms with Crippen molar-refractivity contribution >= 4 is 0 Å². The molecule has 2 atom stereocenters. The predicted octanol–water partition coefficient (Wildman–Crippen LogP) is 4.78. The lowest BCUT2D eigenvalue weighted by Gasteiger charge is -2.15. The van der Waals surface area contributed by atoms with Crippen LogP contribution in [0.15, 0.2) is 60.9 Å². The number of hydrogen-bond donors (Lipinski definition) is 1. The summed E-state index contributed by atoms with van der Waals surface area (Å²) in [7, 11) is 0. The van der Waals surface area contributed by atoms with Crippen LogP contribution in [0.1, 0.15) is 28.6 Å². The van der Waals surface area contributed by atoms with Crippen molar-refractivity contribution in [2.24, 2.45) is 0 Å². The molecule has 0 spiro atoms. The molecule has 0 aliphatic carbocycles. The largest absolute Gasteiger partial charge is 0.416 e. The van der Waals surface area contributed by atoms with Gasteiger partial charge in [-0.25, -0.2) is 9.37 Å². The van der Waals surface area contributed by atoms with E-state index in [1.54, 1.807) is 18.5 Å². The second-order valence-electron chi connectivity index (χ2n) is 6.19. The number of benzene rings is 2. The van der Waals surface area contributed by atoms with Gasteiger partial charge in [0.15, 0.2) is 0 Å². The lowest BCUT2D eigenvalue weighted by Crippen LogP contribution is -2.17. The minimum atomic E-state index is -4.48. The van der Waals surface area contributed by atoms with Gasteiger partial charge >= 0.3 is 6.18 Å². The molecule has 26 heavy (non-hydrogen) atoms. The maximum absolute atomic E-state index is 13.4. The highest BCUT2D eigenvalue weighted by Crippen LogP contribution is 2.60. The highest BCUT2D eigenvalue weighted by atomic mass is 19.4. The first kappa shape index (κ1) is 16.8. The van der Waals surface area contributed by atoms with Crippen molar-refractivity contribution in [2.45, 2.75) is 24.3 Å². The molecule has 0 amide bonds. The number of nitrogens with zero attached hydrogens (tertiary/aromatic N) is 1. The van der Waals surface area contributed by atoms with Gasteiger partial charge in [0.05, 0.1) is 5.56 Å². The van der Waals surface area contributed by atoms with Crippen molar-refractivity contribution in [2.75, 3.05) is 0 Å². The zero-order valence-corrected chi connectivity index (χ0v) is 13.4. The van der Waals surface area contributed by atoms with Crippen molar-refractivity contribution in [3.8, 4) is 0 Å². The first-order valence-electron chi connectivity index (χ1n) is 7.98. The minimum Gasteiger partial charge on any atom is -0.355 e. The summed E-state index contributed by atoms with van der Waals surface area (Å²) in [5, 5.41) is 0. The summed E-state index contributed by atoms with van der Waals surface area (Å²) in [6, 6.07) is 11.0. The molecule has 0 bridgehead atoms. The molecule has 2 heterocycles. The quantitative estimate of drug-likeness (QED) is 0.536. The highest BCUT2D eigenvalue weighted by molar-refractivity contribution is 5.41. The van der Waals surface area contributed by atoms with Gasteiger partial charge in [0.25, 0.3) is 0 Å². The van der Waals surface area contributed by atoms with Gasteiger partial charge in [-0.05, 0) is 29.3 Å². The Hall–Kier alpha value is -2.67. The van der Waals surface area contributed by atoms with Crippen LogP contribution in [0.25, 0.3) is 0 Å². The zero-order chi connectivity index (χ0) is 18.4. The second kappa shape index (κ2) is 5.95. The van der Waals surface area contributed by atoms with E-state index in [-0.39, 0.29) is 12.0 Å². The van der Waals surface area contributed by atoms with Crippen molar-refractivity contribution in [1.82, 2.24) is 9.97 Å². The summed E-state index contributed by atoms with van der Waals surface area (Å²) < 4.78 is 59.3. The lowest BCUT2D eigenvalue weighted by molar-refractivity contribution is -0.138. The predicted molar refractivity (Wildman–Crippen MR) is 85.6 cm³/mol. The molecule has 3 nitrogen and oxygen atoms in total. The van der Waals surface area contributed by atoms with E-state index in [4.69, 9.17) is 4.74 Å². The third kappa shape index (κ3) is 2.88. The zero-order valence-electron chi connectivity index (χ0n) is 13.4. The molecule has 1 aliphatic heterocycles. The number of hydrogen-bond acceptors (Lipinski definition) is 2. The molecule has 0 saturated carbocycles. The first-order chi connectivity index (χ1) is 12.4. The van der Waals surface area contributed by atoms with E-state index in [2.05, 4.69) is 9.97 Å². The molecule has 1 saturated heterocycles. The normalized spacial score (nSPS) is 22.4. The van der Waals surface area contributed by atoms with Crippen molar-refractivity contribution in [3.05, 3.63) is 89.3 Å². The van der Waals surface area contributed by atoms with E-state index < -0.39 is 29.3 Å². The number of aromatic amines is 1. The van der Waals surface area contributed by atoms with Gasteiger partial charge in [-0.15, -0.1) is 0 Å². The molecule has 134 valence electrons. The fourth-order valence-electron chi connectivity index (χ4n) is 3.31. The molecule has 1 N–H and O–H groups in total. The second-order valence-corrected chi connectivity index (χ2v) is 6.19. The van der Waals surface area contributed by atoms with Gasteiger partial charge in [0.2, 0.25) is 0 Å². The molecule has 3 aromatic rings. The first-order valence-corrected chi connectivity index (χ1v) is 7.98. The average molecular weight is 362 g/mol. The maximum Gasteiger partial charge on any atom is 0.416 e. The van der Waals surface area contributed by atoms with Crippen LogP contribution in [-0.4, -0.2) is 9.97 Å². The fourth-order valence-corrected chi connectivity index (χ4v) is 3.31. The number of imidazole rings is 1. The van der Waals surface area contributed by atoms with Crippen molar-refractivity contribution in [1.29, 1.82) is 0 Å². The Morgan fingerprint density at radius 1 is 1.08 bits per heavy atom. The van der Waals surface area contributed by atoms with E-state index in [1.807, 2.05) is 0 Å². The van der Waals surface area contributed by atoms with Gasteiger partial charge in [0, 0.05) is 18.8 Å². The van der Waals surface area contributed by atoms with Gasteiger partial charge in [-0.2, -0.15) is 13.2 Å². The number of rotatable bonds is 4. The van der Waals surface area contributed by atoms with E-state index in [1.165, 1.54) is 36.4 Å². The third-order valence-electron chi connectivity index (χ3n) is 4.56. The Labute approximate surface area is 146 Å². The number of H-pyrrole nitrogens is 1. The molecule has 7 heteroatoms. The Morgan fingerprint density at radius 2 is 1.81 bits per heavy atom. The van der Waals surface area contributed by atoms with Gasteiger partial charge in [-0.1, -0.05) is 30.3 Å². The maximum atomic E-state index is 13.4. The Bertz CT molecular complexity index is 906. The monoisotopic (exact) mass is 362 g/mol. The average Bonchev–Trinajstić information content (AvgIpc) is 3.09. The summed E-state index contributed by atoms with van der Waals surface area (Å²) in [6.07, 6.45) is -1.83. The molecular formula is C19H14F4N2O. The van der Waals surface area contributed by atoms with Crippen LogP contribution in [-0.2, 0) is 22.9 Å². The molecular weight excluding hydrogens is 348 g/mol. The number of epoxide rings is 1. The summed E-state index contributed by atoms with van der Waals surface area (Å²) in [5.74, 6) is 0.163. The van der Waals surface area contributed by atoms with Crippen LogP contribution in [0.5, 0.6) is 0 Å². The van der Waals surface area contributed by atoms with Gasteiger partial charge in [-0.3, -0.25) is 0 Å². The number of aromatic nitrogens is 2.